The molecule has 8 nitrogen and oxygen atoms in total. The number of benzene rings is 2. The second-order valence-electron chi connectivity index (χ2n) is 9.66. The first kappa shape index (κ1) is 22.6. The number of fused-ring (bicyclic) bond motifs is 2. The maximum atomic E-state index is 13.5. The van der Waals surface area contributed by atoms with Crippen molar-refractivity contribution in [1.29, 1.82) is 0 Å². The van der Waals surface area contributed by atoms with Crippen molar-refractivity contribution in [3.63, 3.8) is 0 Å². The first-order valence-electron chi connectivity index (χ1n) is 12.1. The van der Waals surface area contributed by atoms with Crippen molar-refractivity contribution in [2.45, 2.75) is 44.5 Å². The summed E-state index contributed by atoms with van der Waals surface area (Å²) in [6.07, 6.45) is 2.70. The summed E-state index contributed by atoms with van der Waals surface area (Å²) in [4.78, 5) is 44.6. The van der Waals surface area contributed by atoms with Gasteiger partial charge in [-0.05, 0) is 60.4 Å². The number of hydrogen-bond donors (Lipinski definition) is 1. The average molecular weight is 489 g/mol. The van der Waals surface area contributed by atoms with Gasteiger partial charge >= 0.3 is 0 Å². The molecule has 1 unspecified atom stereocenters. The zero-order valence-electron chi connectivity index (χ0n) is 19.6. The van der Waals surface area contributed by atoms with Crippen LogP contribution in [0.2, 0.25) is 0 Å². The smallest absolute Gasteiger partial charge is 0.255 e. The van der Waals surface area contributed by atoms with Gasteiger partial charge in [-0.15, -0.1) is 0 Å². The molecular formula is C27H25FN4O4. The summed E-state index contributed by atoms with van der Waals surface area (Å²) < 4.78 is 19.8. The van der Waals surface area contributed by atoms with E-state index in [9.17, 15) is 18.8 Å². The number of imide groups is 1. The zero-order valence-corrected chi connectivity index (χ0v) is 19.6. The van der Waals surface area contributed by atoms with Gasteiger partial charge in [0.15, 0.2) is 0 Å². The lowest BCUT2D eigenvalue weighted by Gasteiger charge is -2.29. The molecule has 3 aliphatic heterocycles. The van der Waals surface area contributed by atoms with Crippen molar-refractivity contribution in [3.8, 4) is 5.75 Å². The molecule has 2 fully saturated rings. The number of nitrogens with zero attached hydrogens (tertiary/aromatic N) is 3. The summed E-state index contributed by atoms with van der Waals surface area (Å²) in [5, 5.41) is 3.12. The SMILES string of the molecule is O=C1CCC(N2Cc3cc(O[C@H]4CCN(Cc5ccc6ncc(F)cc6c5)C4)ccc3C2=O)C(=O)N1. The molecule has 0 bridgehead atoms. The summed E-state index contributed by atoms with van der Waals surface area (Å²) in [5.41, 5.74) is 3.27. The number of ether oxygens (including phenoxy) is 1. The van der Waals surface area contributed by atoms with E-state index in [4.69, 9.17) is 4.74 Å². The van der Waals surface area contributed by atoms with Crippen LogP contribution >= 0.6 is 0 Å². The zero-order chi connectivity index (χ0) is 24.8. The molecule has 4 heterocycles. The minimum Gasteiger partial charge on any atom is -0.489 e. The number of piperidine rings is 1. The first-order chi connectivity index (χ1) is 17.4. The largest absolute Gasteiger partial charge is 0.489 e. The van der Waals surface area contributed by atoms with E-state index in [0.29, 0.717) is 24.3 Å². The van der Waals surface area contributed by atoms with Gasteiger partial charge in [0.25, 0.3) is 5.91 Å². The van der Waals surface area contributed by atoms with Crippen molar-refractivity contribution in [2.24, 2.45) is 0 Å². The molecule has 2 aromatic carbocycles. The fraction of sp³-hybridized carbons (Fsp3) is 0.333. The lowest BCUT2D eigenvalue weighted by atomic mass is 10.0. The van der Waals surface area contributed by atoms with Crippen LogP contribution < -0.4 is 10.1 Å². The molecule has 0 aliphatic carbocycles. The summed E-state index contributed by atoms with van der Waals surface area (Å²) in [5.74, 6) is -0.546. The van der Waals surface area contributed by atoms with Crippen LogP contribution in [0.3, 0.4) is 0 Å². The van der Waals surface area contributed by atoms with E-state index in [0.717, 1.165) is 48.1 Å². The van der Waals surface area contributed by atoms with E-state index in [-0.39, 0.29) is 30.2 Å². The lowest BCUT2D eigenvalue weighted by molar-refractivity contribution is -0.136. The van der Waals surface area contributed by atoms with Gasteiger partial charge in [-0.25, -0.2) is 4.39 Å². The quantitative estimate of drug-likeness (QED) is 0.556. The van der Waals surface area contributed by atoms with Gasteiger partial charge in [0.2, 0.25) is 11.8 Å². The highest BCUT2D eigenvalue weighted by Crippen LogP contribution is 2.31. The molecule has 36 heavy (non-hydrogen) atoms. The molecule has 3 aliphatic rings. The van der Waals surface area contributed by atoms with Crippen molar-refractivity contribution in [1.82, 2.24) is 20.1 Å². The molecule has 0 spiro atoms. The van der Waals surface area contributed by atoms with E-state index in [2.05, 4.69) is 15.2 Å². The van der Waals surface area contributed by atoms with Crippen LogP contribution in [-0.2, 0) is 22.7 Å². The van der Waals surface area contributed by atoms with E-state index < -0.39 is 11.9 Å². The molecule has 1 N–H and O–H groups in total. The van der Waals surface area contributed by atoms with Gasteiger partial charge in [0, 0.05) is 43.5 Å². The summed E-state index contributed by atoms with van der Waals surface area (Å²) >= 11 is 0. The van der Waals surface area contributed by atoms with E-state index in [1.165, 1.54) is 12.3 Å². The topological polar surface area (TPSA) is 91.8 Å². The average Bonchev–Trinajstić information content (AvgIpc) is 3.42. The molecule has 1 aromatic heterocycles. The van der Waals surface area contributed by atoms with E-state index >= 15 is 0 Å². The number of likely N-dealkylation sites (tertiary alicyclic amines) is 1. The Kier molecular flexibility index (Phi) is 5.64. The van der Waals surface area contributed by atoms with Crippen LogP contribution in [0.4, 0.5) is 4.39 Å². The van der Waals surface area contributed by atoms with Gasteiger partial charge in [0.05, 0.1) is 11.7 Å². The van der Waals surface area contributed by atoms with Crippen LogP contribution in [0, 0.1) is 5.82 Å². The number of hydrogen-bond acceptors (Lipinski definition) is 6. The third-order valence-electron chi connectivity index (χ3n) is 7.15. The van der Waals surface area contributed by atoms with Gasteiger partial charge in [0.1, 0.15) is 23.7 Å². The Morgan fingerprint density at radius 2 is 1.97 bits per heavy atom. The molecule has 0 radical (unpaired) electrons. The predicted molar refractivity (Wildman–Crippen MR) is 128 cm³/mol. The number of halogens is 1. The number of nitrogens with one attached hydrogen (secondary N) is 1. The first-order valence-corrected chi connectivity index (χ1v) is 12.1. The molecule has 3 aromatic rings. The number of amides is 3. The Hall–Kier alpha value is -3.85. The molecule has 184 valence electrons. The fourth-order valence-electron chi connectivity index (χ4n) is 5.36. The fourth-order valence-corrected chi connectivity index (χ4v) is 5.36. The Balaban J connectivity index is 1.08. The van der Waals surface area contributed by atoms with Crippen LogP contribution in [0.15, 0.2) is 48.7 Å². The molecule has 2 saturated heterocycles. The normalized spacial score (nSPS) is 22.2. The van der Waals surface area contributed by atoms with Crippen LogP contribution in [-0.4, -0.2) is 57.7 Å². The molecule has 6 rings (SSSR count). The number of pyridine rings is 1. The minimum atomic E-state index is -0.627. The Labute approximate surface area is 207 Å². The highest BCUT2D eigenvalue weighted by molar-refractivity contribution is 6.05. The summed E-state index contributed by atoms with van der Waals surface area (Å²) in [6.45, 7) is 2.71. The maximum Gasteiger partial charge on any atom is 0.255 e. The Bertz CT molecular complexity index is 1390. The van der Waals surface area contributed by atoms with Gasteiger partial charge in [-0.2, -0.15) is 0 Å². The maximum absolute atomic E-state index is 13.5. The van der Waals surface area contributed by atoms with Crippen LogP contribution in [0.25, 0.3) is 10.9 Å². The summed E-state index contributed by atoms with van der Waals surface area (Å²) in [7, 11) is 0. The molecule has 0 saturated carbocycles. The predicted octanol–water partition coefficient (Wildman–Crippen LogP) is 2.79. The second kappa shape index (κ2) is 8.98. The summed E-state index contributed by atoms with van der Waals surface area (Å²) in [6, 6.07) is 12.2. The highest BCUT2D eigenvalue weighted by Gasteiger charge is 2.39. The van der Waals surface area contributed by atoms with Gasteiger partial charge < -0.3 is 9.64 Å². The highest BCUT2D eigenvalue weighted by atomic mass is 19.1. The van der Waals surface area contributed by atoms with Gasteiger partial charge in [-0.3, -0.25) is 29.6 Å². The Morgan fingerprint density at radius 3 is 2.83 bits per heavy atom. The molecule has 2 atom stereocenters. The van der Waals surface area contributed by atoms with Crippen molar-refractivity contribution in [3.05, 3.63) is 71.2 Å². The van der Waals surface area contributed by atoms with E-state index in [1.807, 2.05) is 24.3 Å². The minimum absolute atomic E-state index is 0.0194. The number of carbonyl (C=O) groups is 3. The molecular weight excluding hydrogens is 463 g/mol. The monoisotopic (exact) mass is 488 g/mol. The van der Waals surface area contributed by atoms with Crippen molar-refractivity contribution < 1.29 is 23.5 Å². The van der Waals surface area contributed by atoms with Crippen molar-refractivity contribution in [2.75, 3.05) is 13.1 Å². The van der Waals surface area contributed by atoms with Crippen molar-refractivity contribution >= 4 is 28.6 Å². The van der Waals surface area contributed by atoms with E-state index in [1.54, 1.807) is 17.0 Å². The number of aromatic nitrogens is 1. The lowest BCUT2D eigenvalue weighted by Crippen LogP contribution is -2.52. The third kappa shape index (κ3) is 4.30. The standard InChI is InChI=1S/C27H25FN4O4/c28-19-10-17-9-16(1-4-23(17)29-12-19)13-31-8-7-21(15-31)36-20-2-3-22-18(11-20)14-32(27(22)35)24-5-6-25(33)30-26(24)34/h1-4,9-12,21,24H,5-8,13-15H2,(H,30,33,34)/t21-,24?/m0/s1. The number of carbonyl (C=O) groups excluding carboxylic acids is 3. The van der Waals surface area contributed by atoms with Crippen LogP contribution in [0.5, 0.6) is 5.75 Å². The van der Waals surface area contributed by atoms with Crippen LogP contribution in [0.1, 0.15) is 40.7 Å². The molecule has 3 amide bonds. The Morgan fingerprint density at radius 1 is 1.08 bits per heavy atom. The second-order valence-corrected chi connectivity index (χ2v) is 9.66. The molecule has 9 heteroatoms. The van der Waals surface area contributed by atoms with Gasteiger partial charge in [-0.1, -0.05) is 6.07 Å². The third-order valence-corrected chi connectivity index (χ3v) is 7.15. The number of rotatable bonds is 5.